The Balaban J connectivity index is 2.02. The van der Waals surface area contributed by atoms with Gasteiger partial charge in [0.05, 0.1) is 11.4 Å². The average Bonchev–Trinajstić information content (AvgIpc) is 2.86. The van der Waals surface area contributed by atoms with Crippen molar-refractivity contribution in [1.29, 1.82) is 0 Å². The highest BCUT2D eigenvalue weighted by Gasteiger charge is 2.09. The van der Waals surface area contributed by atoms with Crippen LogP contribution in [0.1, 0.15) is 5.56 Å². The molecule has 0 unspecified atom stereocenters. The second-order valence-corrected chi connectivity index (χ2v) is 4.15. The highest BCUT2D eigenvalue weighted by atomic mass is 16.6. The predicted molar refractivity (Wildman–Crippen MR) is 70.7 cm³/mol. The minimum atomic E-state index is 0.556. The zero-order chi connectivity index (χ0) is 12.5. The third-order valence-corrected chi connectivity index (χ3v) is 2.78. The van der Waals surface area contributed by atoms with Gasteiger partial charge in [-0.1, -0.05) is 17.7 Å². The fraction of sp³-hybridized carbons (Fsp3) is 0.0769. The Hall–Kier alpha value is -2.56. The minimum absolute atomic E-state index is 0.556. The summed E-state index contributed by atoms with van der Waals surface area (Å²) in [5.41, 5.74) is 10.6. The van der Waals surface area contributed by atoms with Gasteiger partial charge in [-0.25, -0.2) is 4.63 Å². The summed E-state index contributed by atoms with van der Waals surface area (Å²) in [6.07, 6.45) is 0. The molecule has 18 heavy (non-hydrogen) atoms. The number of nitrogens with two attached hydrogens (primary N) is 1. The topological polar surface area (TPSA) is 77.0 Å². The number of aromatic nitrogens is 2. The summed E-state index contributed by atoms with van der Waals surface area (Å²) < 4.78 is 4.72. The maximum absolute atomic E-state index is 5.79. The van der Waals surface area contributed by atoms with Gasteiger partial charge in [0.1, 0.15) is 0 Å². The fourth-order valence-corrected chi connectivity index (χ4v) is 1.78. The maximum Gasteiger partial charge on any atom is 0.160 e. The summed E-state index contributed by atoms with van der Waals surface area (Å²) in [7, 11) is 0. The molecule has 5 nitrogen and oxygen atoms in total. The van der Waals surface area contributed by atoms with E-state index in [2.05, 4.69) is 15.6 Å². The lowest BCUT2D eigenvalue weighted by Crippen LogP contribution is -1.94. The van der Waals surface area contributed by atoms with Crippen molar-refractivity contribution in [1.82, 2.24) is 10.3 Å². The van der Waals surface area contributed by atoms with Crippen LogP contribution in [0.2, 0.25) is 0 Å². The minimum Gasteiger partial charge on any atom is -0.397 e. The Morgan fingerprint density at radius 3 is 2.50 bits per heavy atom. The summed E-state index contributed by atoms with van der Waals surface area (Å²) in [4.78, 5) is 0. The number of rotatable bonds is 2. The van der Waals surface area contributed by atoms with Crippen molar-refractivity contribution in [3.8, 4) is 0 Å². The van der Waals surface area contributed by atoms with Crippen LogP contribution in [0.15, 0.2) is 41.0 Å². The van der Waals surface area contributed by atoms with Gasteiger partial charge < -0.3 is 11.1 Å². The molecule has 1 aromatic heterocycles. The Labute approximate surface area is 104 Å². The quantitative estimate of drug-likeness (QED) is 0.673. The fourth-order valence-electron chi connectivity index (χ4n) is 1.78. The van der Waals surface area contributed by atoms with E-state index in [0.29, 0.717) is 16.7 Å². The van der Waals surface area contributed by atoms with Gasteiger partial charge in [-0.2, -0.15) is 0 Å². The molecule has 0 aliphatic carbocycles. The van der Waals surface area contributed by atoms with Gasteiger partial charge in [0, 0.05) is 5.69 Å². The Morgan fingerprint density at radius 2 is 1.72 bits per heavy atom. The zero-order valence-corrected chi connectivity index (χ0v) is 9.84. The van der Waals surface area contributed by atoms with E-state index in [1.54, 1.807) is 6.07 Å². The smallest absolute Gasteiger partial charge is 0.160 e. The molecule has 0 radical (unpaired) electrons. The summed E-state index contributed by atoms with van der Waals surface area (Å²) in [6, 6.07) is 11.7. The van der Waals surface area contributed by atoms with Crippen molar-refractivity contribution in [2.24, 2.45) is 0 Å². The molecule has 3 N–H and O–H groups in total. The van der Waals surface area contributed by atoms with Gasteiger partial charge >= 0.3 is 0 Å². The first-order valence-electron chi connectivity index (χ1n) is 5.58. The number of nitrogen functional groups attached to an aromatic ring is 1. The highest BCUT2D eigenvalue weighted by Crippen LogP contribution is 2.27. The van der Waals surface area contributed by atoms with Crippen LogP contribution in [-0.4, -0.2) is 10.3 Å². The SMILES string of the molecule is Cc1ccc(Nc2ccc(N)c3nonc23)cc1. The molecule has 3 rings (SSSR count). The molecule has 0 spiro atoms. The van der Waals surface area contributed by atoms with Crippen LogP contribution >= 0.6 is 0 Å². The number of hydrogen-bond donors (Lipinski definition) is 2. The zero-order valence-electron chi connectivity index (χ0n) is 9.84. The monoisotopic (exact) mass is 240 g/mol. The lowest BCUT2D eigenvalue weighted by atomic mass is 10.2. The number of benzene rings is 2. The number of nitrogens with one attached hydrogen (secondary N) is 1. The largest absolute Gasteiger partial charge is 0.397 e. The molecule has 0 amide bonds. The van der Waals surface area contributed by atoms with Crippen molar-refractivity contribution in [2.75, 3.05) is 11.1 Å². The van der Waals surface area contributed by atoms with E-state index in [0.717, 1.165) is 11.4 Å². The normalized spacial score (nSPS) is 10.7. The number of hydrogen-bond acceptors (Lipinski definition) is 5. The van der Waals surface area contributed by atoms with E-state index in [4.69, 9.17) is 10.4 Å². The molecule has 0 atom stereocenters. The van der Waals surface area contributed by atoms with E-state index < -0.39 is 0 Å². The molecular weight excluding hydrogens is 228 g/mol. The Kier molecular flexibility index (Phi) is 2.37. The second-order valence-electron chi connectivity index (χ2n) is 4.15. The van der Waals surface area contributed by atoms with E-state index in [1.165, 1.54) is 5.56 Å². The van der Waals surface area contributed by atoms with E-state index >= 15 is 0 Å². The number of nitrogens with zero attached hydrogens (tertiary/aromatic N) is 2. The predicted octanol–water partition coefficient (Wildman–Crippen LogP) is 2.86. The van der Waals surface area contributed by atoms with Gasteiger partial charge in [-0.05, 0) is 41.5 Å². The van der Waals surface area contributed by atoms with Crippen molar-refractivity contribution in [2.45, 2.75) is 6.92 Å². The average molecular weight is 240 g/mol. The lowest BCUT2D eigenvalue weighted by molar-refractivity contribution is 0.316. The van der Waals surface area contributed by atoms with Crippen LogP contribution in [0.25, 0.3) is 11.0 Å². The van der Waals surface area contributed by atoms with Gasteiger partial charge in [0.2, 0.25) is 0 Å². The lowest BCUT2D eigenvalue weighted by Gasteiger charge is -2.07. The van der Waals surface area contributed by atoms with E-state index in [-0.39, 0.29) is 0 Å². The molecule has 1 heterocycles. The van der Waals surface area contributed by atoms with Crippen LogP contribution in [-0.2, 0) is 0 Å². The van der Waals surface area contributed by atoms with Crippen LogP contribution in [0.5, 0.6) is 0 Å². The first kappa shape index (κ1) is 10.6. The van der Waals surface area contributed by atoms with Gasteiger partial charge in [-0.15, -0.1) is 0 Å². The Morgan fingerprint density at radius 1 is 1.00 bits per heavy atom. The third-order valence-electron chi connectivity index (χ3n) is 2.78. The van der Waals surface area contributed by atoms with Crippen LogP contribution in [0.3, 0.4) is 0 Å². The molecule has 2 aromatic carbocycles. The van der Waals surface area contributed by atoms with Crippen molar-refractivity contribution >= 4 is 28.1 Å². The molecule has 0 aliphatic rings. The van der Waals surface area contributed by atoms with Gasteiger partial charge in [0.15, 0.2) is 11.0 Å². The van der Waals surface area contributed by atoms with Crippen molar-refractivity contribution < 1.29 is 4.63 Å². The first-order valence-corrected chi connectivity index (χ1v) is 5.58. The summed E-state index contributed by atoms with van der Waals surface area (Å²) in [5, 5.41) is 10.9. The summed E-state index contributed by atoms with van der Waals surface area (Å²) >= 11 is 0. The Bertz CT molecular complexity index is 688. The van der Waals surface area contributed by atoms with Crippen molar-refractivity contribution in [3.63, 3.8) is 0 Å². The van der Waals surface area contributed by atoms with Gasteiger partial charge in [0.25, 0.3) is 0 Å². The molecule has 3 aromatic rings. The molecule has 0 bridgehead atoms. The van der Waals surface area contributed by atoms with Crippen LogP contribution < -0.4 is 11.1 Å². The van der Waals surface area contributed by atoms with E-state index in [9.17, 15) is 0 Å². The highest BCUT2D eigenvalue weighted by molar-refractivity contribution is 5.96. The van der Waals surface area contributed by atoms with Crippen LogP contribution in [0, 0.1) is 6.92 Å². The first-order chi connectivity index (χ1) is 8.74. The molecule has 0 fully saturated rings. The molecule has 90 valence electrons. The molecule has 0 aliphatic heterocycles. The molecule has 0 saturated carbocycles. The molecule has 0 saturated heterocycles. The third kappa shape index (κ3) is 1.75. The van der Waals surface area contributed by atoms with Gasteiger partial charge in [-0.3, -0.25) is 0 Å². The molecule has 5 heteroatoms. The van der Waals surface area contributed by atoms with Crippen molar-refractivity contribution in [3.05, 3.63) is 42.0 Å². The number of fused-ring (bicyclic) bond motifs is 1. The maximum atomic E-state index is 5.79. The number of anilines is 3. The summed E-state index contributed by atoms with van der Waals surface area (Å²) in [5.74, 6) is 0. The standard InChI is InChI=1S/C13H12N4O/c1-8-2-4-9(5-3-8)15-11-7-6-10(14)12-13(11)17-18-16-12/h2-7,15H,14H2,1H3. The second kappa shape index (κ2) is 4.03. The van der Waals surface area contributed by atoms with Crippen LogP contribution in [0.4, 0.5) is 17.1 Å². The molecular formula is C13H12N4O. The number of aryl methyl sites for hydroxylation is 1. The van der Waals surface area contributed by atoms with E-state index in [1.807, 2.05) is 37.3 Å². The summed E-state index contributed by atoms with van der Waals surface area (Å²) in [6.45, 7) is 2.05.